The van der Waals surface area contributed by atoms with E-state index in [9.17, 15) is 8.78 Å². The predicted molar refractivity (Wildman–Crippen MR) is 73.6 cm³/mol. The minimum Gasteiger partial charge on any atom is -0.496 e. The molecule has 2 nitrogen and oxygen atoms in total. The first-order valence-electron chi connectivity index (χ1n) is 6.06. The van der Waals surface area contributed by atoms with Crippen LogP contribution in [0.25, 0.3) is 22.0 Å². The van der Waals surface area contributed by atoms with Crippen molar-refractivity contribution < 1.29 is 13.5 Å². The van der Waals surface area contributed by atoms with Gasteiger partial charge in [0, 0.05) is 34.8 Å². The van der Waals surface area contributed by atoms with Crippen LogP contribution in [0.1, 0.15) is 0 Å². The van der Waals surface area contributed by atoms with Gasteiger partial charge in [0.1, 0.15) is 17.4 Å². The lowest BCUT2D eigenvalue weighted by Crippen LogP contribution is -1.90. The molecule has 0 atom stereocenters. The van der Waals surface area contributed by atoms with Crippen molar-refractivity contribution in [2.45, 2.75) is 0 Å². The largest absolute Gasteiger partial charge is 0.496 e. The molecule has 0 aliphatic heterocycles. The fourth-order valence-corrected chi connectivity index (χ4v) is 2.15. The molecule has 0 saturated carbocycles. The van der Waals surface area contributed by atoms with E-state index in [-0.39, 0.29) is 11.6 Å². The molecule has 4 heteroatoms. The fourth-order valence-electron chi connectivity index (χ4n) is 2.15. The summed E-state index contributed by atoms with van der Waals surface area (Å²) in [5, 5.41) is 0.815. The number of hydrogen-bond donors (Lipinski definition) is 0. The second kappa shape index (κ2) is 4.89. The highest BCUT2D eigenvalue weighted by Gasteiger charge is 2.08. The highest BCUT2D eigenvalue weighted by molar-refractivity contribution is 5.84. The van der Waals surface area contributed by atoms with E-state index in [2.05, 4.69) is 4.98 Å². The van der Waals surface area contributed by atoms with Gasteiger partial charge in [-0.3, -0.25) is 4.98 Å². The summed E-state index contributed by atoms with van der Waals surface area (Å²) in [5.41, 5.74) is 2.11. The van der Waals surface area contributed by atoms with Gasteiger partial charge in [0.2, 0.25) is 0 Å². The molecular formula is C16H11F2NO. The van der Waals surface area contributed by atoms with E-state index in [1.165, 1.54) is 31.4 Å². The molecule has 3 aromatic rings. The summed E-state index contributed by atoms with van der Waals surface area (Å²) in [7, 11) is 1.49. The second-order valence-corrected chi connectivity index (χ2v) is 4.41. The lowest BCUT2D eigenvalue weighted by atomic mass is 10.0. The zero-order valence-electron chi connectivity index (χ0n) is 10.7. The van der Waals surface area contributed by atoms with E-state index in [0.29, 0.717) is 11.3 Å². The van der Waals surface area contributed by atoms with Crippen LogP contribution in [0.5, 0.6) is 5.75 Å². The van der Waals surface area contributed by atoms with Gasteiger partial charge >= 0.3 is 0 Å². The molecule has 0 aliphatic carbocycles. The fraction of sp³-hybridized carbons (Fsp3) is 0.0625. The number of hydrogen-bond acceptors (Lipinski definition) is 2. The molecule has 0 unspecified atom stereocenters. The summed E-state index contributed by atoms with van der Waals surface area (Å²) >= 11 is 0. The van der Waals surface area contributed by atoms with Crippen LogP contribution in [-0.4, -0.2) is 12.1 Å². The van der Waals surface area contributed by atoms with E-state index >= 15 is 0 Å². The lowest BCUT2D eigenvalue weighted by molar-refractivity contribution is 0.413. The molecular weight excluding hydrogens is 260 g/mol. The van der Waals surface area contributed by atoms with E-state index in [0.717, 1.165) is 16.5 Å². The summed E-state index contributed by atoms with van der Waals surface area (Å²) in [6.07, 6.45) is 1.62. The SMILES string of the molecule is COc1cc(F)ccc1-c1cnc2cc(F)ccc2c1. The van der Waals surface area contributed by atoms with Crippen molar-refractivity contribution >= 4 is 10.9 Å². The minimum atomic E-state index is -0.360. The van der Waals surface area contributed by atoms with Crippen LogP contribution < -0.4 is 4.74 Å². The number of rotatable bonds is 2. The van der Waals surface area contributed by atoms with E-state index < -0.39 is 0 Å². The molecule has 0 fully saturated rings. The zero-order chi connectivity index (χ0) is 14.1. The van der Waals surface area contributed by atoms with E-state index in [1.807, 2.05) is 6.07 Å². The first kappa shape index (κ1) is 12.5. The number of methoxy groups -OCH3 is 1. The molecule has 1 heterocycles. The van der Waals surface area contributed by atoms with Crippen LogP contribution in [0.4, 0.5) is 8.78 Å². The molecule has 0 spiro atoms. The lowest BCUT2D eigenvalue weighted by Gasteiger charge is -2.09. The Kier molecular flexibility index (Phi) is 3.06. The maximum atomic E-state index is 13.2. The van der Waals surface area contributed by atoms with Crippen molar-refractivity contribution in [2.75, 3.05) is 7.11 Å². The van der Waals surface area contributed by atoms with Crippen LogP contribution in [0.2, 0.25) is 0 Å². The predicted octanol–water partition coefficient (Wildman–Crippen LogP) is 4.19. The van der Waals surface area contributed by atoms with Gasteiger partial charge in [-0.25, -0.2) is 8.78 Å². The smallest absolute Gasteiger partial charge is 0.129 e. The Labute approximate surface area is 114 Å². The topological polar surface area (TPSA) is 22.1 Å². The monoisotopic (exact) mass is 271 g/mol. The molecule has 2 aromatic carbocycles. The summed E-state index contributed by atoms with van der Waals surface area (Å²) in [6, 6.07) is 10.6. The Morgan fingerprint density at radius 1 is 0.950 bits per heavy atom. The Morgan fingerprint density at radius 2 is 1.70 bits per heavy atom. The van der Waals surface area contributed by atoms with Crippen molar-refractivity contribution in [3.05, 3.63) is 60.3 Å². The Balaban J connectivity index is 2.17. The van der Waals surface area contributed by atoms with E-state index in [4.69, 9.17) is 4.74 Å². The molecule has 0 bridgehead atoms. The van der Waals surface area contributed by atoms with Gasteiger partial charge in [-0.15, -0.1) is 0 Å². The standard InChI is InChI=1S/C16H11F2NO/c1-20-16-8-13(18)4-5-14(16)11-6-10-2-3-12(17)7-15(10)19-9-11/h2-9H,1H3. The van der Waals surface area contributed by atoms with Crippen LogP contribution in [0, 0.1) is 11.6 Å². The number of fused-ring (bicyclic) bond motifs is 1. The molecule has 0 amide bonds. The first-order valence-corrected chi connectivity index (χ1v) is 6.06. The third-order valence-electron chi connectivity index (χ3n) is 3.12. The van der Waals surface area contributed by atoms with Gasteiger partial charge < -0.3 is 4.74 Å². The van der Waals surface area contributed by atoms with Gasteiger partial charge in [-0.1, -0.05) is 0 Å². The number of aromatic nitrogens is 1. The Hall–Kier alpha value is -2.49. The highest BCUT2D eigenvalue weighted by Crippen LogP contribution is 2.31. The Morgan fingerprint density at radius 3 is 2.50 bits per heavy atom. The molecule has 0 radical (unpaired) electrons. The summed E-state index contributed by atoms with van der Waals surface area (Å²) in [4.78, 5) is 4.23. The van der Waals surface area contributed by atoms with E-state index in [1.54, 1.807) is 18.3 Å². The number of nitrogens with zero attached hydrogens (tertiary/aromatic N) is 1. The average Bonchev–Trinajstić information content (AvgIpc) is 2.46. The highest BCUT2D eigenvalue weighted by atomic mass is 19.1. The summed E-state index contributed by atoms with van der Waals surface area (Å²) in [6.45, 7) is 0. The molecule has 3 rings (SSSR count). The Bertz CT molecular complexity index is 787. The van der Waals surface area contributed by atoms with Crippen LogP contribution in [-0.2, 0) is 0 Å². The third kappa shape index (κ3) is 2.20. The number of pyridine rings is 1. The number of benzene rings is 2. The molecule has 0 aliphatic rings. The van der Waals surface area contributed by atoms with Gasteiger partial charge in [0.05, 0.1) is 12.6 Å². The van der Waals surface area contributed by atoms with Crippen molar-refractivity contribution in [2.24, 2.45) is 0 Å². The molecule has 1 aromatic heterocycles. The maximum absolute atomic E-state index is 13.2. The molecule has 20 heavy (non-hydrogen) atoms. The third-order valence-corrected chi connectivity index (χ3v) is 3.12. The zero-order valence-corrected chi connectivity index (χ0v) is 10.7. The van der Waals surface area contributed by atoms with Gasteiger partial charge in [-0.2, -0.15) is 0 Å². The summed E-state index contributed by atoms with van der Waals surface area (Å²) in [5.74, 6) is -0.244. The van der Waals surface area contributed by atoms with Gasteiger partial charge in [0.25, 0.3) is 0 Å². The molecule has 100 valence electrons. The van der Waals surface area contributed by atoms with Crippen molar-refractivity contribution in [1.82, 2.24) is 4.98 Å². The number of halogens is 2. The summed E-state index contributed by atoms with van der Waals surface area (Å²) < 4.78 is 31.5. The van der Waals surface area contributed by atoms with Crippen LogP contribution >= 0.6 is 0 Å². The molecule has 0 saturated heterocycles. The van der Waals surface area contributed by atoms with Crippen molar-refractivity contribution in [3.63, 3.8) is 0 Å². The van der Waals surface area contributed by atoms with Gasteiger partial charge in [-0.05, 0) is 30.3 Å². The van der Waals surface area contributed by atoms with Crippen molar-refractivity contribution in [3.8, 4) is 16.9 Å². The number of ether oxygens (including phenoxy) is 1. The first-order chi connectivity index (χ1) is 9.67. The second-order valence-electron chi connectivity index (χ2n) is 4.41. The quantitative estimate of drug-likeness (QED) is 0.697. The average molecular weight is 271 g/mol. The maximum Gasteiger partial charge on any atom is 0.129 e. The molecule has 0 N–H and O–H groups in total. The normalized spacial score (nSPS) is 10.8. The minimum absolute atomic E-state index is 0.322. The van der Waals surface area contributed by atoms with Gasteiger partial charge in [0.15, 0.2) is 0 Å². The van der Waals surface area contributed by atoms with Crippen LogP contribution in [0.15, 0.2) is 48.7 Å². The van der Waals surface area contributed by atoms with Crippen LogP contribution in [0.3, 0.4) is 0 Å². The van der Waals surface area contributed by atoms with Crippen molar-refractivity contribution in [1.29, 1.82) is 0 Å².